The number of nitrogens with one attached hydrogen (secondary N) is 1. The minimum atomic E-state index is -0.233. The van der Waals surface area contributed by atoms with Gasteiger partial charge in [0, 0.05) is 36.2 Å². The molecule has 7 heteroatoms. The molecule has 1 saturated heterocycles. The van der Waals surface area contributed by atoms with E-state index in [-0.39, 0.29) is 18.1 Å². The number of nitrogens with zero attached hydrogens (tertiary/aromatic N) is 2. The Balaban J connectivity index is 1.55. The first-order chi connectivity index (χ1) is 12.6. The number of carbonyl (C=O) groups excluding carboxylic acids is 1. The van der Waals surface area contributed by atoms with Gasteiger partial charge in [0.15, 0.2) is 0 Å². The zero-order valence-electron chi connectivity index (χ0n) is 15.0. The molecule has 0 spiro atoms. The summed E-state index contributed by atoms with van der Waals surface area (Å²) in [6.45, 7) is 2.57. The van der Waals surface area contributed by atoms with Gasteiger partial charge in [-0.2, -0.15) is 0 Å². The number of ether oxygens (including phenoxy) is 1. The quantitative estimate of drug-likeness (QED) is 0.775. The number of amides is 1. The van der Waals surface area contributed by atoms with Gasteiger partial charge in [0.2, 0.25) is 0 Å². The number of benzene rings is 1. The van der Waals surface area contributed by atoms with E-state index in [1.807, 2.05) is 30.6 Å². The molecule has 0 unspecified atom stereocenters. The molecule has 1 aliphatic rings. The normalized spacial score (nSPS) is 16.6. The molecule has 140 valence electrons. The third-order valence-electron chi connectivity index (χ3n) is 4.96. The Bertz CT molecular complexity index is 714. The van der Waals surface area contributed by atoms with Gasteiger partial charge in [0.25, 0.3) is 5.91 Å². The predicted octanol–water partition coefficient (Wildman–Crippen LogP) is 2.05. The molecule has 2 heterocycles. The number of hydrogen-bond donors (Lipinski definition) is 2. The molecule has 6 nitrogen and oxygen atoms in total. The van der Waals surface area contributed by atoms with Gasteiger partial charge in [-0.05, 0) is 32.0 Å². The van der Waals surface area contributed by atoms with E-state index in [9.17, 15) is 9.90 Å². The number of aliphatic hydroxyl groups excluding tert-OH is 1. The highest BCUT2D eigenvalue weighted by Gasteiger charge is 2.36. The molecule has 2 N–H and O–H groups in total. The van der Waals surface area contributed by atoms with Crippen molar-refractivity contribution in [3.8, 4) is 0 Å². The maximum absolute atomic E-state index is 12.1. The topological polar surface area (TPSA) is 74.7 Å². The molecule has 2 aromatic rings. The van der Waals surface area contributed by atoms with Crippen LogP contribution in [0.3, 0.4) is 0 Å². The summed E-state index contributed by atoms with van der Waals surface area (Å²) in [5.41, 5.74) is 1.37. The molecule has 26 heavy (non-hydrogen) atoms. The summed E-state index contributed by atoms with van der Waals surface area (Å²) in [7, 11) is 2.03. The molecule has 1 amide bonds. The van der Waals surface area contributed by atoms with Crippen LogP contribution in [-0.4, -0.2) is 53.3 Å². The molecule has 3 rings (SSSR count). The number of likely N-dealkylation sites (N-methyl/N-ethyl adjacent to an activating group) is 1. The van der Waals surface area contributed by atoms with Crippen LogP contribution in [-0.2, 0) is 17.8 Å². The zero-order valence-corrected chi connectivity index (χ0v) is 15.8. The first-order valence-corrected chi connectivity index (χ1v) is 9.67. The molecule has 1 fully saturated rings. The highest BCUT2D eigenvalue weighted by molar-refractivity contribution is 7.09. The smallest absolute Gasteiger partial charge is 0.251 e. The Kier molecular flexibility index (Phi) is 6.37. The standard InChI is InChI=1S/C19H25N3O3S/c1-22(19(14-23)7-9-25-10-8-19)12-16-13-26-17(21-16)11-20-18(24)15-5-3-2-4-6-15/h2-6,13,23H,7-12,14H2,1H3,(H,20,24). The van der Waals surface area contributed by atoms with Crippen molar-refractivity contribution in [2.45, 2.75) is 31.5 Å². The van der Waals surface area contributed by atoms with E-state index in [0.717, 1.165) is 23.5 Å². The first-order valence-electron chi connectivity index (χ1n) is 8.79. The zero-order chi connectivity index (χ0) is 18.4. The molecule has 0 radical (unpaired) electrons. The molecule has 0 bridgehead atoms. The molecule has 1 aromatic carbocycles. The van der Waals surface area contributed by atoms with Gasteiger partial charge in [-0.1, -0.05) is 18.2 Å². The summed E-state index contributed by atoms with van der Waals surface area (Å²) in [6, 6.07) is 9.16. The lowest BCUT2D eigenvalue weighted by molar-refractivity contribution is -0.0496. The Labute approximate surface area is 157 Å². The van der Waals surface area contributed by atoms with Crippen LogP contribution in [0.2, 0.25) is 0 Å². The Morgan fingerprint density at radius 1 is 1.35 bits per heavy atom. The first kappa shape index (κ1) is 19.0. The lowest BCUT2D eigenvalue weighted by Crippen LogP contribution is -2.52. The molecule has 0 atom stereocenters. The summed E-state index contributed by atoms with van der Waals surface area (Å²) in [5, 5.41) is 15.7. The Morgan fingerprint density at radius 3 is 2.77 bits per heavy atom. The fourth-order valence-corrected chi connectivity index (χ4v) is 3.90. The van der Waals surface area contributed by atoms with Crippen LogP contribution in [0, 0.1) is 0 Å². The number of aliphatic hydroxyl groups is 1. The summed E-state index contributed by atoms with van der Waals surface area (Å²) < 4.78 is 5.43. The Morgan fingerprint density at radius 2 is 2.08 bits per heavy atom. The summed E-state index contributed by atoms with van der Waals surface area (Å²) in [6.07, 6.45) is 1.65. The van der Waals surface area contributed by atoms with Gasteiger partial charge < -0.3 is 15.2 Å². The van der Waals surface area contributed by atoms with E-state index in [1.165, 1.54) is 0 Å². The van der Waals surface area contributed by atoms with Crippen LogP contribution in [0.15, 0.2) is 35.7 Å². The average molecular weight is 375 g/mol. The number of hydrogen-bond acceptors (Lipinski definition) is 6. The van der Waals surface area contributed by atoms with Crippen molar-refractivity contribution < 1.29 is 14.6 Å². The lowest BCUT2D eigenvalue weighted by Gasteiger charge is -2.43. The van der Waals surface area contributed by atoms with Gasteiger partial charge in [0.1, 0.15) is 5.01 Å². The van der Waals surface area contributed by atoms with Crippen LogP contribution in [0.1, 0.15) is 33.9 Å². The summed E-state index contributed by atoms with van der Waals surface area (Å²) in [4.78, 5) is 18.9. The van der Waals surface area contributed by atoms with Crippen LogP contribution < -0.4 is 5.32 Å². The number of aromatic nitrogens is 1. The predicted molar refractivity (Wildman–Crippen MR) is 101 cm³/mol. The third kappa shape index (κ3) is 4.48. The minimum Gasteiger partial charge on any atom is -0.394 e. The molecular weight excluding hydrogens is 350 g/mol. The van der Waals surface area contributed by atoms with Gasteiger partial charge in [-0.3, -0.25) is 9.69 Å². The van der Waals surface area contributed by atoms with Crippen molar-refractivity contribution >= 4 is 17.2 Å². The van der Waals surface area contributed by atoms with Gasteiger partial charge in [0.05, 0.1) is 18.8 Å². The van der Waals surface area contributed by atoms with Crippen LogP contribution >= 0.6 is 11.3 Å². The van der Waals surface area contributed by atoms with Gasteiger partial charge in [-0.15, -0.1) is 11.3 Å². The largest absolute Gasteiger partial charge is 0.394 e. The second-order valence-electron chi connectivity index (χ2n) is 6.63. The van der Waals surface area contributed by atoms with Gasteiger partial charge >= 0.3 is 0 Å². The van der Waals surface area contributed by atoms with Crippen molar-refractivity contribution in [2.24, 2.45) is 0 Å². The van der Waals surface area contributed by atoms with E-state index in [2.05, 4.69) is 15.2 Å². The fraction of sp³-hybridized carbons (Fsp3) is 0.474. The third-order valence-corrected chi connectivity index (χ3v) is 5.86. The SMILES string of the molecule is CN(Cc1csc(CNC(=O)c2ccccc2)n1)C1(CO)CCOCC1. The van der Waals surface area contributed by atoms with Crippen molar-refractivity contribution in [1.82, 2.24) is 15.2 Å². The second kappa shape index (κ2) is 8.73. The van der Waals surface area contributed by atoms with E-state index in [4.69, 9.17) is 4.74 Å². The maximum atomic E-state index is 12.1. The molecule has 0 saturated carbocycles. The minimum absolute atomic E-state index is 0.0964. The van der Waals surface area contributed by atoms with E-state index in [1.54, 1.807) is 23.5 Å². The summed E-state index contributed by atoms with van der Waals surface area (Å²) in [5.74, 6) is -0.0964. The maximum Gasteiger partial charge on any atom is 0.251 e. The molecule has 0 aliphatic carbocycles. The molecule has 1 aliphatic heterocycles. The van der Waals surface area contributed by atoms with E-state index >= 15 is 0 Å². The number of carbonyl (C=O) groups is 1. The van der Waals surface area contributed by atoms with Crippen molar-refractivity contribution in [3.63, 3.8) is 0 Å². The Hall–Kier alpha value is -1.80. The highest BCUT2D eigenvalue weighted by Crippen LogP contribution is 2.28. The number of thiazole rings is 1. The van der Waals surface area contributed by atoms with Crippen LogP contribution in [0.4, 0.5) is 0 Å². The lowest BCUT2D eigenvalue weighted by atomic mass is 9.89. The highest BCUT2D eigenvalue weighted by atomic mass is 32.1. The monoisotopic (exact) mass is 375 g/mol. The van der Waals surface area contributed by atoms with E-state index < -0.39 is 0 Å². The summed E-state index contributed by atoms with van der Waals surface area (Å²) >= 11 is 1.54. The number of rotatable bonds is 7. The van der Waals surface area contributed by atoms with Crippen molar-refractivity contribution in [2.75, 3.05) is 26.9 Å². The average Bonchev–Trinajstić information content (AvgIpc) is 3.14. The van der Waals surface area contributed by atoms with Crippen LogP contribution in [0.25, 0.3) is 0 Å². The molecular formula is C19H25N3O3S. The van der Waals surface area contributed by atoms with E-state index in [0.29, 0.717) is 31.9 Å². The van der Waals surface area contributed by atoms with Crippen molar-refractivity contribution in [3.05, 3.63) is 52.0 Å². The van der Waals surface area contributed by atoms with Crippen LogP contribution in [0.5, 0.6) is 0 Å². The van der Waals surface area contributed by atoms with Gasteiger partial charge in [-0.25, -0.2) is 4.98 Å². The second-order valence-corrected chi connectivity index (χ2v) is 7.57. The molecule has 1 aromatic heterocycles. The van der Waals surface area contributed by atoms with Crippen molar-refractivity contribution in [1.29, 1.82) is 0 Å². The fourth-order valence-electron chi connectivity index (χ4n) is 3.17.